The first-order valence-electron chi connectivity index (χ1n) is 6.24. The molecule has 3 aromatic rings. The van der Waals surface area contributed by atoms with Gasteiger partial charge in [-0.1, -0.05) is 18.2 Å². The summed E-state index contributed by atoms with van der Waals surface area (Å²) in [6.45, 7) is 0.641. The average molecular weight is 331 g/mol. The molecule has 1 N–H and O–H groups in total. The molecule has 1 aromatic heterocycles. The fraction of sp³-hybridized carbons (Fsp3) is 0.0625. The third-order valence-corrected chi connectivity index (χ3v) is 3.82. The third-order valence-electron chi connectivity index (χ3n) is 3.17. The highest BCUT2D eigenvalue weighted by atomic mass is 79.9. The number of halogens is 2. The molecular weight excluding hydrogens is 319 g/mol. The summed E-state index contributed by atoms with van der Waals surface area (Å²) in [6.07, 6.45) is 3.63. The van der Waals surface area contributed by atoms with E-state index in [0.717, 1.165) is 22.0 Å². The zero-order valence-electron chi connectivity index (χ0n) is 10.6. The highest BCUT2D eigenvalue weighted by Gasteiger charge is 2.03. The predicted octanol–water partition coefficient (Wildman–Crippen LogP) is 4.75. The lowest BCUT2D eigenvalue weighted by Crippen LogP contribution is -2.00. The van der Waals surface area contributed by atoms with Gasteiger partial charge in [0.1, 0.15) is 5.82 Å². The molecule has 0 bridgehead atoms. The second-order valence-electron chi connectivity index (χ2n) is 4.50. The summed E-state index contributed by atoms with van der Waals surface area (Å²) in [7, 11) is 0. The van der Waals surface area contributed by atoms with Gasteiger partial charge in [0.15, 0.2) is 0 Å². The van der Waals surface area contributed by atoms with Crippen molar-refractivity contribution in [1.82, 2.24) is 4.98 Å². The van der Waals surface area contributed by atoms with Crippen molar-refractivity contribution < 1.29 is 4.39 Å². The molecule has 0 saturated heterocycles. The summed E-state index contributed by atoms with van der Waals surface area (Å²) in [4.78, 5) is 4.12. The molecule has 100 valence electrons. The molecule has 1 heterocycles. The van der Waals surface area contributed by atoms with E-state index in [-0.39, 0.29) is 5.82 Å². The van der Waals surface area contributed by atoms with Crippen LogP contribution in [0.1, 0.15) is 5.56 Å². The van der Waals surface area contributed by atoms with Crippen molar-refractivity contribution in [3.8, 4) is 0 Å². The van der Waals surface area contributed by atoms with Crippen LogP contribution in [0.3, 0.4) is 0 Å². The van der Waals surface area contributed by atoms with Crippen LogP contribution in [0.15, 0.2) is 59.3 Å². The summed E-state index contributed by atoms with van der Waals surface area (Å²) in [6, 6.07) is 13.1. The maximum absolute atomic E-state index is 13.5. The van der Waals surface area contributed by atoms with Gasteiger partial charge in [-0.15, -0.1) is 0 Å². The van der Waals surface area contributed by atoms with E-state index in [9.17, 15) is 4.39 Å². The first-order chi connectivity index (χ1) is 9.74. The Bertz CT molecular complexity index is 753. The minimum absolute atomic E-state index is 0.267. The maximum atomic E-state index is 13.5. The highest BCUT2D eigenvalue weighted by molar-refractivity contribution is 9.10. The van der Waals surface area contributed by atoms with Crippen molar-refractivity contribution in [2.24, 2.45) is 0 Å². The molecule has 0 saturated carbocycles. The topological polar surface area (TPSA) is 24.9 Å². The van der Waals surface area contributed by atoms with E-state index in [1.807, 2.05) is 30.5 Å². The molecule has 20 heavy (non-hydrogen) atoms. The number of pyridine rings is 1. The Morgan fingerprint density at radius 2 is 2.05 bits per heavy atom. The van der Waals surface area contributed by atoms with Crippen molar-refractivity contribution in [1.29, 1.82) is 0 Å². The number of hydrogen-bond donors (Lipinski definition) is 1. The van der Waals surface area contributed by atoms with Crippen LogP contribution in [-0.4, -0.2) is 4.98 Å². The summed E-state index contributed by atoms with van der Waals surface area (Å²) < 4.78 is 13.9. The Morgan fingerprint density at radius 1 is 1.15 bits per heavy atom. The Hall–Kier alpha value is -1.94. The Balaban J connectivity index is 1.85. The number of anilines is 1. The van der Waals surface area contributed by atoms with Gasteiger partial charge in [-0.25, -0.2) is 4.39 Å². The van der Waals surface area contributed by atoms with Crippen molar-refractivity contribution in [2.45, 2.75) is 6.54 Å². The predicted molar refractivity (Wildman–Crippen MR) is 83.2 cm³/mol. The van der Waals surface area contributed by atoms with E-state index < -0.39 is 0 Å². The number of rotatable bonds is 3. The van der Waals surface area contributed by atoms with Crippen LogP contribution in [-0.2, 0) is 6.54 Å². The lowest BCUT2D eigenvalue weighted by atomic mass is 10.1. The Morgan fingerprint density at radius 3 is 2.90 bits per heavy atom. The van der Waals surface area contributed by atoms with Gasteiger partial charge in [0.25, 0.3) is 0 Å². The first-order valence-corrected chi connectivity index (χ1v) is 7.04. The van der Waals surface area contributed by atoms with Crippen LogP contribution in [0, 0.1) is 5.82 Å². The van der Waals surface area contributed by atoms with Gasteiger partial charge in [-0.2, -0.15) is 0 Å². The van der Waals surface area contributed by atoms with Gasteiger partial charge >= 0.3 is 0 Å². The normalized spacial score (nSPS) is 10.7. The number of aromatic nitrogens is 1. The third kappa shape index (κ3) is 2.65. The monoisotopic (exact) mass is 330 g/mol. The van der Waals surface area contributed by atoms with Gasteiger partial charge in [-0.05, 0) is 51.1 Å². The van der Waals surface area contributed by atoms with Gasteiger partial charge in [-0.3, -0.25) is 4.98 Å². The summed E-state index contributed by atoms with van der Waals surface area (Å²) in [5.41, 5.74) is 1.92. The average Bonchev–Trinajstić information content (AvgIpc) is 2.48. The standard InChI is InChI=1S/C16H12BrFN2/c17-15-5-4-13(8-16(15)18)20-10-12-3-1-2-11-9-19-7-6-14(11)12/h1-9,20H,10H2. The molecule has 0 aliphatic carbocycles. The molecule has 3 rings (SSSR count). The molecule has 0 spiro atoms. The zero-order chi connectivity index (χ0) is 13.9. The molecule has 4 heteroatoms. The first kappa shape index (κ1) is 13.1. The zero-order valence-corrected chi connectivity index (χ0v) is 12.2. The molecule has 0 fully saturated rings. The molecule has 0 aliphatic rings. The van der Waals surface area contributed by atoms with Gasteiger partial charge in [0.05, 0.1) is 4.47 Å². The van der Waals surface area contributed by atoms with Crippen LogP contribution in [0.5, 0.6) is 0 Å². The lowest BCUT2D eigenvalue weighted by molar-refractivity contribution is 0.621. The van der Waals surface area contributed by atoms with E-state index in [0.29, 0.717) is 11.0 Å². The van der Waals surface area contributed by atoms with Crippen LogP contribution in [0.4, 0.5) is 10.1 Å². The number of nitrogens with zero attached hydrogens (tertiary/aromatic N) is 1. The largest absolute Gasteiger partial charge is 0.381 e. The van der Waals surface area contributed by atoms with E-state index in [1.165, 1.54) is 6.07 Å². The van der Waals surface area contributed by atoms with Crippen LogP contribution < -0.4 is 5.32 Å². The van der Waals surface area contributed by atoms with Crippen molar-refractivity contribution in [3.05, 3.63) is 70.7 Å². The lowest BCUT2D eigenvalue weighted by Gasteiger charge is -2.09. The summed E-state index contributed by atoms with van der Waals surface area (Å²) in [5, 5.41) is 5.51. The van der Waals surface area contributed by atoms with Crippen molar-refractivity contribution in [3.63, 3.8) is 0 Å². The van der Waals surface area contributed by atoms with E-state index in [2.05, 4.69) is 32.3 Å². The minimum atomic E-state index is -0.267. The number of benzene rings is 2. The minimum Gasteiger partial charge on any atom is -0.381 e. The summed E-state index contributed by atoms with van der Waals surface area (Å²) >= 11 is 3.15. The van der Waals surface area contributed by atoms with Gasteiger partial charge in [0, 0.05) is 30.0 Å². The summed E-state index contributed by atoms with van der Waals surface area (Å²) in [5.74, 6) is -0.267. The molecule has 0 radical (unpaired) electrons. The maximum Gasteiger partial charge on any atom is 0.139 e. The van der Waals surface area contributed by atoms with Crippen LogP contribution in [0.2, 0.25) is 0 Å². The fourth-order valence-electron chi connectivity index (χ4n) is 2.15. The fourth-order valence-corrected chi connectivity index (χ4v) is 2.39. The number of hydrogen-bond acceptors (Lipinski definition) is 2. The van der Waals surface area contributed by atoms with Gasteiger partial charge in [0.2, 0.25) is 0 Å². The SMILES string of the molecule is Fc1cc(NCc2cccc3cnccc23)ccc1Br. The molecular formula is C16H12BrFN2. The molecule has 0 atom stereocenters. The van der Waals surface area contributed by atoms with E-state index in [4.69, 9.17) is 0 Å². The van der Waals surface area contributed by atoms with E-state index >= 15 is 0 Å². The molecule has 0 unspecified atom stereocenters. The Labute approximate surface area is 124 Å². The van der Waals surface area contributed by atoms with Crippen LogP contribution in [0.25, 0.3) is 10.8 Å². The smallest absolute Gasteiger partial charge is 0.139 e. The second kappa shape index (κ2) is 5.59. The van der Waals surface area contributed by atoms with Crippen molar-refractivity contribution in [2.75, 3.05) is 5.32 Å². The Kier molecular flexibility index (Phi) is 3.65. The second-order valence-corrected chi connectivity index (χ2v) is 5.35. The quantitative estimate of drug-likeness (QED) is 0.749. The molecule has 2 aromatic carbocycles. The molecule has 2 nitrogen and oxygen atoms in total. The number of nitrogens with one attached hydrogen (secondary N) is 1. The van der Waals surface area contributed by atoms with Gasteiger partial charge < -0.3 is 5.32 Å². The van der Waals surface area contributed by atoms with Crippen LogP contribution >= 0.6 is 15.9 Å². The number of fused-ring (bicyclic) bond motifs is 1. The molecule has 0 amide bonds. The van der Waals surface area contributed by atoms with E-state index in [1.54, 1.807) is 12.3 Å². The van der Waals surface area contributed by atoms with Crippen molar-refractivity contribution >= 4 is 32.4 Å². The highest BCUT2D eigenvalue weighted by Crippen LogP contribution is 2.22. The molecule has 0 aliphatic heterocycles.